The van der Waals surface area contributed by atoms with E-state index in [1.165, 1.54) is 0 Å². The van der Waals surface area contributed by atoms with Gasteiger partial charge in [0.25, 0.3) is 0 Å². The molecule has 6 heteroatoms. The van der Waals surface area contributed by atoms with Gasteiger partial charge in [0.05, 0.1) is 12.2 Å². The monoisotopic (exact) mass is 359 g/mol. The maximum Gasteiger partial charge on any atom is 0.220 e. The molecule has 0 atom stereocenters. The third-order valence-corrected chi connectivity index (χ3v) is 4.41. The average molecular weight is 359 g/mol. The third kappa shape index (κ3) is 3.38. The molecule has 2 aromatic carbocycles. The van der Waals surface area contributed by atoms with E-state index in [0.29, 0.717) is 30.4 Å². The van der Waals surface area contributed by atoms with Crippen LogP contribution in [0.2, 0.25) is 0 Å². The van der Waals surface area contributed by atoms with Crippen LogP contribution in [0.15, 0.2) is 54.6 Å². The standard InChI is InChI=1S/C21H21N5O/c1-14(2)12-19(27)22-13-18-23-24-21-17-11-7-6-10-16(17)20(25-26(18)21)15-8-4-3-5-9-15/h3-11,14H,12-13H2,1-2H3,(H,22,27). The number of benzene rings is 2. The summed E-state index contributed by atoms with van der Waals surface area (Å²) in [7, 11) is 0. The van der Waals surface area contributed by atoms with Crippen LogP contribution in [0.1, 0.15) is 26.1 Å². The molecule has 0 saturated carbocycles. The van der Waals surface area contributed by atoms with Crippen LogP contribution in [-0.2, 0) is 11.3 Å². The molecule has 136 valence electrons. The van der Waals surface area contributed by atoms with Gasteiger partial charge in [-0.2, -0.15) is 9.61 Å². The lowest BCUT2D eigenvalue weighted by Gasteiger charge is -2.09. The van der Waals surface area contributed by atoms with E-state index in [9.17, 15) is 4.79 Å². The molecule has 0 radical (unpaired) electrons. The first-order chi connectivity index (χ1) is 13.1. The molecule has 4 rings (SSSR count). The van der Waals surface area contributed by atoms with Gasteiger partial charge in [0.2, 0.25) is 5.91 Å². The molecule has 0 bridgehead atoms. The molecule has 0 aliphatic rings. The van der Waals surface area contributed by atoms with Crippen molar-refractivity contribution >= 4 is 22.3 Å². The average Bonchev–Trinajstić information content (AvgIpc) is 3.09. The summed E-state index contributed by atoms with van der Waals surface area (Å²) in [5, 5.41) is 18.3. The van der Waals surface area contributed by atoms with Crippen LogP contribution < -0.4 is 5.32 Å². The van der Waals surface area contributed by atoms with E-state index in [1.807, 2.05) is 68.4 Å². The third-order valence-electron chi connectivity index (χ3n) is 4.41. The van der Waals surface area contributed by atoms with Crippen LogP contribution in [0.25, 0.3) is 27.7 Å². The van der Waals surface area contributed by atoms with Crippen molar-refractivity contribution < 1.29 is 4.79 Å². The highest BCUT2D eigenvalue weighted by atomic mass is 16.1. The fraction of sp³-hybridized carbons (Fsp3) is 0.238. The fourth-order valence-corrected chi connectivity index (χ4v) is 3.16. The van der Waals surface area contributed by atoms with Crippen LogP contribution in [0, 0.1) is 5.92 Å². The summed E-state index contributed by atoms with van der Waals surface area (Å²) < 4.78 is 1.74. The molecule has 4 aromatic rings. The Morgan fingerprint density at radius 3 is 2.44 bits per heavy atom. The SMILES string of the molecule is CC(C)CC(=O)NCc1nnc2c3ccccc3c(-c3ccccc3)nn12. The first-order valence-corrected chi connectivity index (χ1v) is 9.08. The highest BCUT2D eigenvalue weighted by molar-refractivity contribution is 6.01. The molecule has 6 nitrogen and oxygen atoms in total. The molecule has 0 aliphatic carbocycles. The van der Waals surface area contributed by atoms with E-state index < -0.39 is 0 Å². The van der Waals surface area contributed by atoms with Crippen LogP contribution in [0.4, 0.5) is 0 Å². The minimum atomic E-state index is 0.00539. The summed E-state index contributed by atoms with van der Waals surface area (Å²) in [6.07, 6.45) is 0.488. The van der Waals surface area contributed by atoms with E-state index in [0.717, 1.165) is 22.0 Å². The van der Waals surface area contributed by atoms with Crippen molar-refractivity contribution in [3.05, 3.63) is 60.4 Å². The maximum atomic E-state index is 12.0. The van der Waals surface area contributed by atoms with Gasteiger partial charge in [-0.1, -0.05) is 68.4 Å². The Bertz CT molecular complexity index is 1100. The number of nitrogens with zero attached hydrogens (tertiary/aromatic N) is 4. The lowest BCUT2D eigenvalue weighted by atomic mass is 10.1. The van der Waals surface area contributed by atoms with E-state index in [1.54, 1.807) is 4.52 Å². The number of hydrogen-bond donors (Lipinski definition) is 1. The fourth-order valence-electron chi connectivity index (χ4n) is 3.16. The molecule has 0 fully saturated rings. The Balaban J connectivity index is 1.80. The molecule has 2 heterocycles. The van der Waals surface area contributed by atoms with Gasteiger partial charge in [0.1, 0.15) is 0 Å². The van der Waals surface area contributed by atoms with Crippen molar-refractivity contribution in [1.29, 1.82) is 0 Å². The Morgan fingerprint density at radius 2 is 1.70 bits per heavy atom. The first-order valence-electron chi connectivity index (χ1n) is 9.08. The Hall–Kier alpha value is -3.28. The summed E-state index contributed by atoms with van der Waals surface area (Å²) in [4.78, 5) is 12.0. The number of carbonyl (C=O) groups is 1. The van der Waals surface area contributed by atoms with Gasteiger partial charge in [-0.15, -0.1) is 10.2 Å². The van der Waals surface area contributed by atoms with Crippen molar-refractivity contribution in [1.82, 2.24) is 25.1 Å². The molecule has 1 N–H and O–H groups in total. The summed E-state index contributed by atoms with van der Waals surface area (Å²) in [6, 6.07) is 18.1. The zero-order chi connectivity index (χ0) is 18.8. The summed E-state index contributed by atoms with van der Waals surface area (Å²) in [5.74, 6) is 0.933. The van der Waals surface area contributed by atoms with Crippen LogP contribution >= 0.6 is 0 Å². The van der Waals surface area contributed by atoms with Crippen molar-refractivity contribution in [3.63, 3.8) is 0 Å². The van der Waals surface area contributed by atoms with Gasteiger partial charge < -0.3 is 5.32 Å². The lowest BCUT2D eigenvalue weighted by molar-refractivity contribution is -0.122. The number of rotatable bonds is 5. The van der Waals surface area contributed by atoms with Crippen molar-refractivity contribution in [2.45, 2.75) is 26.8 Å². The largest absolute Gasteiger partial charge is 0.349 e. The van der Waals surface area contributed by atoms with Gasteiger partial charge in [0, 0.05) is 22.8 Å². The van der Waals surface area contributed by atoms with Crippen molar-refractivity contribution in [2.24, 2.45) is 5.92 Å². The highest BCUT2D eigenvalue weighted by Gasteiger charge is 2.15. The van der Waals surface area contributed by atoms with Crippen molar-refractivity contribution in [3.8, 4) is 11.3 Å². The van der Waals surface area contributed by atoms with Gasteiger partial charge in [-0.25, -0.2) is 0 Å². The smallest absolute Gasteiger partial charge is 0.220 e. The van der Waals surface area contributed by atoms with Gasteiger partial charge in [0.15, 0.2) is 11.5 Å². The van der Waals surface area contributed by atoms with Gasteiger partial charge >= 0.3 is 0 Å². The molecule has 0 spiro atoms. The second-order valence-electron chi connectivity index (χ2n) is 6.99. The van der Waals surface area contributed by atoms with E-state index in [-0.39, 0.29) is 5.91 Å². The Morgan fingerprint density at radius 1 is 1.00 bits per heavy atom. The van der Waals surface area contributed by atoms with Crippen LogP contribution in [-0.4, -0.2) is 25.7 Å². The Labute approximate surface area is 157 Å². The van der Waals surface area contributed by atoms with E-state index in [2.05, 4.69) is 15.5 Å². The lowest BCUT2D eigenvalue weighted by Crippen LogP contribution is -2.25. The number of aromatic nitrogens is 4. The number of nitrogens with one attached hydrogen (secondary N) is 1. The number of amides is 1. The van der Waals surface area contributed by atoms with Gasteiger partial charge in [-0.3, -0.25) is 4.79 Å². The molecule has 0 saturated heterocycles. The second-order valence-corrected chi connectivity index (χ2v) is 6.99. The van der Waals surface area contributed by atoms with Crippen LogP contribution in [0.5, 0.6) is 0 Å². The summed E-state index contributed by atoms with van der Waals surface area (Å²) in [6.45, 7) is 4.34. The quantitative estimate of drug-likeness (QED) is 0.591. The topological polar surface area (TPSA) is 72.2 Å². The normalized spacial score (nSPS) is 11.4. The zero-order valence-corrected chi connectivity index (χ0v) is 15.4. The van der Waals surface area contributed by atoms with Crippen molar-refractivity contribution in [2.75, 3.05) is 0 Å². The number of carbonyl (C=O) groups excluding carboxylic acids is 1. The summed E-state index contributed by atoms with van der Waals surface area (Å²) in [5.41, 5.74) is 2.59. The summed E-state index contributed by atoms with van der Waals surface area (Å²) >= 11 is 0. The molecule has 0 unspecified atom stereocenters. The van der Waals surface area contributed by atoms with Gasteiger partial charge in [-0.05, 0) is 5.92 Å². The zero-order valence-electron chi connectivity index (χ0n) is 15.4. The molecule has 1 amide bonds. The molecule has 27 heavy (non-hydrogen) atoms. The predicted molar refractivity (Wildman–Crippen MR) is 105 cm³/mol. The van der Waals surface area contributed by atoms with Crippen LogP contribution in [0.3, 0.4) is 0 Å². The minimum absolute atomic E-state index is 0.00539. The number of hydrogen-bond acceptors (Lipinski definition) is 4. The van der Waals surface area contributed by atoms with E-state index in [4.69, 9.17) is 5.10 Å². The first kappa shape index (κ1) is 17.1. The number of fused-ring (bicyclic) bond motifs is 3. The molecular formula is C21H21N5O. The highest BCUT2D eigenvalue weighted by Crippen LogP contribution is 2.28. The second kappa shape index (κ2) is 7.15. The minimum Gasteiger partial charge on any atom is -0.349 e. The maximum absolute atomic E-state index is 12.0. The molecule has 2 aromatic heterocycles. The van der Waals surface area contributed by atoms with E-state index >= 15 is 0 Å². The molecular weight excluding hydrogens is 338 g/mol. The molecule has 0 aliphatic heterocycles. The Kier molecular flexibility index (Phi) is 4.54. The predicted octanol–water partition coefficient (Wildman–Crippen LogP) is 3.61.